The Labute approximate surface area is 88.5 Å². The summed E-state index contributed by atoms with van der Waals surface area (Å²) in [6.07, 6.45) is 0.405. The van der Waals surface area contributed by atoms with Gasteiger partial charge >= 0.3 is 0 Å². The van der Waals surface area contributed by atoms with E-state index in [1.807, 2.05) is 0 Å². The van der Waals surface area contributed by atoms with Crippen LogP contribution in [-0.4, -0.2) is 5.91 Å². The highest BCUT2D eigenvalue weighted by Crippen LogP contribution is 2.09. The Morgan fingerprint density at radius 2 is 2.27 bits per heavy atom. The molecule has 15 heavy (non-hydrogen) atoms. The van der Waals surface area contributed by atoms with Crippen molar-refractivity contribution in [3.8, 4) is 0 Å². The molecule has 3 N–H and O–H groups in total. The van der Waals surface area contributed by atoms with E-state index in [9.17, 15) is 9.18 Å². The molecule has 0 aromatic heterocycles. The summed E-state index contributed by atoms with van der Waals surface area (Å²) in [7, 11) is 0. The lowest BCUT2D eigenvalue weighted by Gasteiger charge is -2.06. The molecule has 0 fully saturated rings. The maximum atomic E-state index is 13.4. The Kier molecular flexibility index (Phi) is 4.24. The van der Waals surface area contributed by atoms with Crippen LogP contribution in [0.5, 0.6) is 0 Å². The standard InChI is InChI=1S/C11H15FN2O/c1-2-11(15)14-7-9-4-3-8(6-13)5-10(9)12/h3-5H,2,6-7,13H2,1H3,(H,14,15). The van der Waals surface area contributed by atoms with Gasteiger partial charge in [0.05, 0.1) is 0 Å². The first kappa shape index (κ1) is 11.7. The second-order valence-electron chi connectivity index (χ2n) is 3.26. The number of hydrogen-bond donors (Lipinski definition) is 2. The molecule has 1 amide bonds. The highest BCUT2D eigenvalue weighted by atomic mass is 19.1. The molecule has 4 heteroatoms. The molecule has 1 aromatic carbocycles. The monoisotopic (exact) mass is 210 g/mol. The summed E-state index contributed by atoms with van der Waals surface area (Å²) in [5.74, 6) is -0.411. The summed E-state index contributed by atoms with van der Waals surface area (Å²) < 4.78 is 13.4. The molecule has 0 saturated carbocycles. The number of rotatable bonds is 4. The van der Waals surface area contributed by atoms with Crippen LogP contribution < -0.4 is 11.1 Å². The van der Waals surface area contributed by atoms with E-state index in [1.165, 1.54) is 6.07 Å². The molecule has 0 heterocycles. The SMILES string of the molecule is CCC(=O)NCc1ccc(CN)cc1F. The lowest BCUT2D eigenvalue weighted by atomic mass is 10.1. The molecule has 82 valence electrons. The Morgan fingerprint density at radius 1 is 1.53 bits per heavy atom. The average Bonchev–Trinajstić information content (AvgIpc) is 2.26. The zero-order valence-electron chi connectivity index (χ0n) is 8.72. The third-order valence-corrected chi connectivity index (χ3v) is 2.15. The van der Waals surface area contributed by atoms with E-state index in [1.54, 1.807) is 19.1 Å². The Bertz CT molecular complexity index is 352. The van der Waals surface area contributed by atoms with Gasteiger partial charge in [0.2, 0.25) is 5.91 Å². The molecular weight excluding hydrogens is 195 g/mol. The van der Waals surface area contributed by atoms with Crippen molar-refractivity contribution >= 4 is 5.91 Å². The Balaban J connectivity index is 2.66. The molecule has 0 radical (unpaired) electrons. The van der Waals surface area contributed by atoms with Crippen LogP contribution in [0, 0.1) is 5.82 Å². The van der Waals surface area contributed by atoms with Crippen LogP contribution >= 0.6 is 0 Å². The minimum Gasteiger partial charge on any atom is -0.352 e. The van der Waals surface area contributed by atoms with Gasteiger partial charge in [-0.25, -0.2) is 4.39 Å². The molecule has 1 aromatic rings. The van der Waals surface area contributed by atoms with Gasteiger partial charge < -0.3 is 11.1 Å². The van der Waals surface area contributed by atoms with E-state index in [2.05, 4.69) is 5.32 Å². The first-order valence-corrected chi connectivity index (χ1v) is 4.91. The number of hydrogen-bond acceptors (Lipinski definition) is 2. The van der Waals surface area contributed by atoms with Crippen LogP contribution in [0.25, 0.3) is 0 Å². The number of halogens is 1. The van der Waals surface area contributed by atoms with Gasteiger partial charge in [0.15, 0.2) is 0 Å². The van der Waals surface area contributed by atoms with Crippen LogP contribution in [0.15, 0.2) is 18.2 Å². The van der Waals surface area contributed by atoms with E-state index < -0.39 is 0 Å². The van der Waals surface area contributed by atoms with Crippen molar-refractivity contribution in [2.45, 2.75) is 26.4 Å². The third-order valence-electron chi connectivity index (χ3n) is 2.15. The highest BCUT2D eigenvalue weighted by molar-refractivity contribution is 5.75. The summed E-state index contributed by atoms with van der Waals surface area (Å²) in [6.45, 7) is 2.30. The maximum absolute atomic E-state index is 13.4. The first-order valence-electron chi connectivity index (χ1n) is 4.91. The minimum absolute atomic E-state index is 0.0858. The molecule has 0 atom stereocenters. The molecule has 0 spiro atoms. The van der Waals surface area contributed by atoms with Crippen molar-refractivity contribution in [3.05, 3.63) is 35.1 Å². The van der Waals surface area contributed by atoms with E-state index in [-0.39, 0.29) is 18.3 Å². The lowest BCUT2D eigenvalue weighted by Crippen LogP contribution is -2.22. The number of nitrogens with one attached hydrogen (secondary N) is 1. The molecule has 1 rings (SSSR count). The van der Waals surface area contributed by atoms with Gasteiger partial charge in [-0.15, -0.1) is 0 Å². The van der Waals surface area contributed by atoms with Crippen molar-refractivity contribution < 1.29 is 9.18 Å². The lowest BCUT2D eigenvalue weighted by molar-refractivity contribution is -0.120. The van der Waals surface area contributed by atoms with Gasteiger partial charge in [0.1, 0.15) is 5.82 Å². The quantitative estimate of drug-likeness (QED) is 0.787. The Hall–Kier alpha value is -1.42. The molecule has 0 saturated heterocycles. The number of amides is 1. The fourth-order valence-electron chi connectivity index (χ4n) is 1.18. The van der Waals surface area contributed by atoms with Crippen molar-refractivity contribution in [1.29, 1.82) is 0 Å². The van der Waals surface area contributed by atoms with Gasteiger partial charge in [-0.1, -0.05) is 19.1 Å². The molecule has 0 aliphatic rings. The van der Waals surface area contributed by atoms with E-state index in [0.29, 0.717) is 18.5 Å². The number of carbonyl (C=O) groups excluding carboxylic acids is 1. The highest BCUT2D eigenvalue weighted by Gasteiger charge is 2.04. The van der Waals surface area contributed by atoms with E-state index in [0.717, 1.165) is 5.56 Å². The zero-order chi connectivity index (χ0) is 11.3. The molecule has 0 aliphatic heterocycles. The van der Waals surface area contributed by atoms with Crippen molar-refractivity contribution in [1.82, 2.24) is 5.32 Å². The summed E-state index contributed by atoms with van der Waals surface area (Å²) >= 11 is 0. The largest absolute Gasteiger partial charge is 0.352 e. The Morgan fingerprint density at radius 3 is 2.80 bits per heavy atom. The number of nitrogens with two attached hydrogens (primary N) is 1. The molecule has 3 nitrogen and oxygen atoms in total. The fraction of sp³-hybridized carbons (Fsp3) is 0.364. The topological polar surface area (TPSA) is 55.1 Å². The first-order chi connectivity index (χ1) is 7.17. The third kappa shape index (κ3) is 3.32. The second-order valence-corrected chi connectivity index (χ2v) is 3.26. The van der Waals surface area contributed by atoms with Crippen molar-refractivity contribution in [2.24, 2.45) is 5.73 Å². The summed E-state index contributed by atoms with van der Waals surface area (Å²) in [5, 5.41) is 2.62. The molecule has 0 unspecified atom stereocenters. The summed E-state index contributed by atoms with van der Waals surface area (Å²) in [4.78, 5) is 11.0. The van der Waals surface area contributed by atoms with Crippen LogP contribution in [0.1, 0.15) is 24.5 Å². The fourth-order valence-corrected chi connectivity index (χ4v) is 1.18. The zero-order valence-corrected chi connectivity index (χ0v) is 8.72. The maximum Gasteiger partial charge on any atom is 0.219 e. The van der Waals surface area contributed by atoms with Gasteiger partial charge in [-0.3, -0.25) is 4.79 Å². The predicted molar refractivity (Wildman–Crippen MR) is 56.4 cm³/mol. The van der Waals surface area contributed by atoms with Gasteiger partial charge in [0, 0.05) is 25.1 Å². The van der Waals surface area contributed by atoms with Crippen molar-refractivity contribution in [2.75, 3.05) is 0 Å². The summed E-state index contributed by atoms with van der Waals surface area (Å²) in [5.41, 5.74) is 6.60. The van der Waals surface area contributed by atoms with Crippen LogP contribution in [-0.2, 0) is 17.9 Å². The minimum atomic E-state index is -0.325. The molecule has 0 aliphatic carbocycles. The van der Waals surface area contributed by atoms with Gasteiger partial charge in [0.25, 0.3) is 0 Å². The number of carbonyl (C=O) groups is 1. The van der Waals surface area contributed by atoms with Crippen LogP contribution in [0.3, 0.4) is 0 Å². The predicted octanol–water partition coefficient (Wildman–Crippen LogP) is 1.31. The smallest absolute Gasteiger partial charge is 0.219 e. The number of benzene rings is 1. The van der Waals surface area contributed by atoms with Crippen molar-refractivity contribution in [3.63, 3.8) is 0 Å². The normalized spacial score (nSPS) is 10.1. The second kappa shape index (κ2) is 5.46. The van der Waals surface area contributed by atoms with Crippen LogP contribution in [0.4, 0.5) is 4.39 Å². The summed E-state index contributed by atoms with van der Waals surface area (Å²) in [6, 6.07) is 4.80. The average molecular weight is 210 g/mol. The van der Waals surface area contributed by atoms with E-state index in [4.69, 9.17) is 5.73 Å². The van der Waals surface area contributed by atoms with Gasteiger partial charge in [-0.2, -0.15) is 0 Å². The van der Waals surface area contributed by atoms with Crippen LogP contribution in [0.2, 0.25) is 0 Å². The van der Waals surface area contributed by atoms with E-state index >= 15 is 0 Å². The molecular formula is C11H15FN2O. The van der Waals surface area contributed by atoms with Gasteiger partial charge in [-0.05, 0) is 11.6 Å². The molecule has 0 bridgehead atoms.